The molecule has 0 aliphatic rings. The molecule has 0 aromatic heterocycles. The van der Waals surface area contributed by atoms with Gasteiger partial charge in [0.2, 0.25) is 0 Å². The van der Waals surface area contributed by atoms with Gasteiger partial charge in [0, 0.05) is 11.8 Å². The molecule has 3 rings (SSSR count). The summed E-state index contributed by atoms with van der Waals surface area (Å²) in [6, 6.07) is 20.7. The summed E-state index contributed by atoms with van der Waals surface area (Å²) < 4.78 is 10.0. The molecule has 1 amide bonds. The van der Waals surface area contributed by atoms with Crippen molar-refractivity contribution in [3.8, 4) is 5.75 Å². The number of esters is 1. The summed E-state index contributed by atoms with van der Waals surface area (Å²) in [6.45, 7) is -0.349. The van der Waals surface area contributed by atoms with Crippen LogP contribution in [-0.2, 0) is 14.3 Å². The minimum Gasteiger partial charge on any atom is -0.497 e. The highest BCUT2D eigenvalue weighted by atomic mass is 16.5. The molecule has 5 nitrogen and oxygen atoms in total. The Balaban J connectivity index is 1.50. The Morgan fingerprint density at radius 1 is 0.963 bits per heavy atom. The van der Waals surface area contributed by atoms with Crippen LogP contribution in [0.1, 0.15) is 5.56 Å². The lowest BCUT2D eigenvalue weighted by Gasteiger charge is -2.06. The number of benzene rings is 3. The third-order valence-electron chi connectivity index (χ3n) is 3.91. The van der Waals surface area contributed by atoms with Crippen molar-refractivity contribution in [1.29, 1.82) is 0 Å². The minimum absolute atomic E-state index is 0.349. The van der Waals surface area contributed by atoms with Crippen molar-refractivity contribution in [3.63, 3.8) is 0 Å². The third-order valence-corrected chi connectivity index (χ3v) is 3.91. The van der Waals surface area contributed by atoms with Crippen LogP contribution in [0.15, 0.2) is 72.8 Å². The molecule has 0 unspecified atom stereocenters. The van der Waals surface area contributed by atoms with Crippen LogP contribution in [0.4, 0.5) is 5.69 Å². The summed E-state index contributed by atoms with van der Waals surface area (Å²) in [5.41, 5.74) is 1.48. The Kier molecular flexibility index (Phi) is 5.84. The van der Waals surface area contributed by atoms with E-state index < -0.39 is 11.9 Å². The van der Waals surface area contributed by atoms with Crippen molar-refractivity contribution < 1.29 is 19.1 Å². The number of hydrogen-bond acceptors (Lipinski definition) is 4. The molecule has 0 saturated heterocycles. The van der Waals surface area contributed by atoms with E-state index in [4.69, 9.17) is 9.47 Å². The molecular weight excluding hydrogens is 342 g/mol. The van der Waals surface area contributed by atoms with Gasteiger partial charge >= 0.3 is 5.97 Å². The van der Waals surface area contributed by atoms with Crippen LogP contribution >= 0.6 is 0 Å². The number of carbonyl (C=O) groups is 2. The normalized spacial score (nSPS) is 10.7. The second-order valence-electron chi connectivity index (χ2n) is 5.82. The van der Waals surface area contributed by atoms with Gasteiger partial charge in [0.15, 0.2) is 6.61 Å². The average Bonchev–Trinajstić information content (AvgIpc) is 2.71. The molecule has 0 atom stereocenters. The molecule has 3 aromatic rings. The number of hydrogen-bond donors (Lipinski definition) is 1. The predicted octanol–water partition coefficient (Wildman–Crippen LogP) is 4.04. The van der Waals surface area contributed by atoms with Gasteiger partial charge in [-0.25, -0.2) is 4.79 Å². The number of methoxy groups -OCH3 is 1. The molecule has 5 heteroatoms. The average molecular weight is 361 g/mol. The summed E-state index contributed by atoms with van der Waals surface area (Å²) in [6.07, 6.45) is 2.90. The molecule has 0 aliphatic carbocycles. The van der Waals surface area contributed by atoms with Gasteiger partial charge in [-0.3, -0.25) is 4.79 Å². The van der Waals surface area contributed by atoms with Crippen LogP contribution in [-0.4, -0.2) is 25.6 Å². The number of amides is 1. The van der Waals surface area contributed by atoms with Crippen molar-refractivity contribution in [1.82, 2.24) is 0 Å². The lowest BCUT2D eigenvalue weighted by atomic mass is 10.1. The van der Waals surface area contributed by atoms with E-state index in [0.29, 0.717) is 5.69 Å². The smallest absolute Gasteiger partial charge is 0.331 e. The number of rotatable bonds is 6. The topological polar surface area (TPSA) is 64.6 Å². The van der Waals surface area contributed by atoms with Crippen molar-refractivity contribution in [3.05, 3.63) is 78.4 Å². The Morgan fingerprint density at radius 3 is 2.44 bits per heavy atom. The van der Waals surface area contributed by atoms with Crippen LogP contribution in [0.2, 0.25) is 0 Å². The van der Waals surface area contributed by atoms with Gasteiger partial charge in [0.25, 0.3) is 5.91 Å². The Morgan fingerprint density at radius 2 is 1.70 bits per heavy atom. The van der Waals surface area contributed by atoms with Gasteiger partial charge in [0.1, 0.15) is 5.75 Å². The highest BCUT2D eigenvalue weighted by Crippen LogP contribution is 2.18. The number of carbonyl (C=O) groups excluding carboxylic acids is 2. The van der Waals surface area contributed by atoms with Crippen molar-refractivity contribution in [2.75, 3.05) is 19.0 Å². The standard InChI is InChI=1S/C22H19NO4/c1-26-20-11-6-16(7-12-20)8-13-22(25)27-15-21(24)23-19-10-9-17-4-2-3-5-18(17)14-19/h2-14H,15H2,1H3,(H,23,24)/b13-8+. The van der Waals surface area contributed by atoms with Gasteiger partial charge in [-0.1, -0.05) is 42.5 Å². The predicted molar refractivity (Wildman–Crippen MR) is 106 cm³/mol. The lowest BCUT2D eigenvalue weighted by molar-refractivity contribution is -0.142. The van der Waals surface area contributed by atoms with Crippen LogP contribution in [0, 0.1) is 0 Å². The van der Waals surface area contributed by atoms with E-state index in [1.165, 1.54) is 6.08 Å². The molecule has 0 spiro atoms. The lowest BCUT2D eigenvalue weighted by Crippen LogP contribution is -2.20. The first-order valence-corrected chi connectivity index (χ1v) is 8.41. The third kappa shape index (κ3) is 5.19. The van der Waals surface area contributed by atoms with E-state index in [-0.39, 0.29) is 6.61 Å². The molecule has 1 N–H and O–H groups in total. The molecule has 0 heterocycles. The summed E-state index contributed by atoms with van der Waals surface area (Å²) in [5, 5.41) is 4.83. The molecule has 27 heavy (non-hydrogen) atoms. The Hall–Kier alpha value is -3.60. The maximum absolute atomic E-state index is 12.0. The van der Waals surface area contributed by atoms with E-state index in [2.05, 4.69) is 5.32 Å². The van der Waals surface area contributed by atoms with Gasteiger partial charge < -0.3 is 14.8 Å². The van der Waals surface area contributed by atoms with E-state index in [1.807, 2.05) is 54.6 Å². The first-order valence-electron chi connectivity index (χ1n) is 8.41. The first-order chi connectivity index (χ1) is 13.1. The largest absolute Gasteiger partial charge is 0.497 e. The van der Waals surface area contributed by atoms with Crippen molar-refractivity contribution in [2.24, 2.45) is 0 Å². The number of anilines is 1. The summed E-state index contributed by atoms with van der Waals surface area (Å²) in [7, 11) is 1.59. The maximum Gasteiger partial charge on any atom is 0.331 e. The molecule has 0 saturated carbocycles. The van der Waals surface area contributed by atoms with E-state index >= 15 is 0 Å². The van der Waals surface area contributed by atoms with Crippen LogP contribution < -0.4 is 10.1 Å². The SMILES string of the molecule is COc1ccc(/C=C/C(=O)OCC(=O)Nc2ccc3ccccc3c2)cc1. The van der Waals surface area contributed by atoms with Gasteiger partial charge in [-0.15, -0.1) is 0 Å². The van der Waals surface area contributed by atoms with Crippen LogP contribution in [0.3, 0.4) is 0 Å². The van der Waals surface area contributed by atoms with Crippen molar-refractivity contribution in [2.45, 2.75) is 0 Å². The Bertz CT molecular complexity index is 977. The summed E-state index contributed by atoms with van der Waals surface area (Å²) in [5.74, 6) is -0.240. The molecule has 0 radical (unpaired) electrons. The van der Waals surface area contributed by atoms with Crippen LogP contribution in [0.5, 0.6) is 5.75 Å². The molecule has 3 aromatic carbocycles. The zero-order valence-corrected chi connectivity index (χ0v) is 14.8. The zero-order chi connectivity index (χ0) is 19.1. The fourth-order valence-electron chi connectivity index (χ4n) is 2.53. The highest BCUT2D eigenvalue weighted by molar-refractivity contribution is 5.96. The van der Waals surface area contributed by atoms with E-state index in [0.717, 1.165) is 22.1 Å². The van der Waals surface area contributed by atoms with Crippen LogP contribution in [0.25, 0.3) is 16.8 Å². The molecule has 0 aliphatic heterocycles. The fraction of sp³-hybridized carbons (Fsp3) is 0.0909. The van der Waals surface area contributed by atoms with Crippen molar-refractivity contribution >= 4 is 34.4 Å². The first kappa shape index (κ1) is 18.2. The van der Waals surface area contributed by atoms with E-state index in [9.17, 15) is 9.59 Å². The number of nitrogens with one attached hydrogen (secondary N) is 1. The summed E-state index contributed by atoms with van der Waals surface area (Å²) >= 11 is 0. The highest BCUT2D eigenvalue weighted by Gasteiger charge is 2.06. The molecule has 0 fully saturated rings. The number of ether oxygens (including phenoxy) is 2. The quantitative estimate of drug-likeness (QED) is 0.531. The minimum atomic E-state index is -0.584. The van der Waals surface area contributed by atoms with Gasteiger partial charge in [0.05, 0.1) is 7.11 Å². The second kappa shape index (κ2) is 8.67. The molecule has 0 bridgehead atoms. The summed E-state index contributed by atoms with van der Waals surface area (Å²) in [4.78, 5) is 23.7. The van der Waals surface area contributed by atoms with Gasteiger partial charge in [-0.05, 0) is 46.7 Å². The second-order valence-corrected chi connectivity index (χ2v) is 5.82. The maximum atomic E-state index is 12.0. The monoisotopic (exact) mass is 361 g/mol. The fourth-order valence-corrected chi connectivity index (χ4v) is 2.53. The zero-order valence-electron chi connectivity index (χ0n) is 14.8. The van der Waals surface area contributed by atoms with E-state index in [1.54, 1.807) is 25.3 Å². The molecular formula is C22H19NO4. The number of fused-ring (bicyclic) bond motifs is 1. The molecule has 136 valence electrons. The van der Waals surface area contributed by atoms with Gasteiger partial charge in [-0.2, -0.15) is 0 Å². The Labute approximate surface area is 157 Å².